The van der Waals surface area contributed by atoms with Crippen LogP contribution < -0.4 is 9.84 Å². The van der Waals surface area contributed by atoms with Gasteiger partial charge in [-0.15, -0.1) is 0 Å². The summed E-state index contributed by atoms with van der Waals surface area (Å²) in [6, 6.07) is 3.38. The molecule has 1 rings (SSSR count). The lowest BCUT2D eigenvalue weighted by molar-refractivity contribution is -0.297. The lowest BCUT2D eigenvalue weighted by Crippen LogP contribution is -2.19. The second kappa shape index (κ2) is 6.32. The highest BCUT2D eigenvalue weighted by Crippen LogP contribution is 2.36. The Morgan fingerprint density at radius 3 is 2.12 bits per heavy atom. The molecule has 0 heterocycles. The van der Waals surface area contributed by atoms with Crippen LogP contribution in [-0.2, 0) is 9.59 Å². The Morgan fingerprint density at radius 1 is 1.12 bits per heavy atom. The number of carboxylic acid groups (broad SMARTS) is 1. The molecule has 0 fully saturated rings. The molecule has 0 saturated heterocycles. The quantitative estimate of drug-likeness (QED) is 0.421. The molecule has 4 nitrogen and oxygen atoms in total. The molecule has 90 valence electrons. The number of ether oxygens (including phenoxy) is 1. The van der Waals surface area contributed by atoms with E-state index in [1.165, 1.54) is 0 Å². The van der Waals surface area contributed by atoms with Crippen LogP contribution in [-0.4, -0.2) is 11.9 Å². The molecule has 0 amide bonds. The van der Waals surface area contributed by atoms with Crippen LogP contribution in [0.1, 0.15) is 0 Å². The number of carbonyl (C=O) groups excluding carboxylic acids is 2. The standard InChI is InChI=1S/C10H5Br3O4/c11-5-3-6(12)10(7(13)4-5)17-9(16)2-1-8(14)15/h1-4H,(H,14,15)/p-1/b2-1-. The third kappa shape index (κ3) is 4.61. The van der Waals surface area contributed by atoms with Crippen molar-refractivity contribution in [3.05, 3.63) is 37.7 Å². The number of benzene rings is 1. The second-order valence-electron chi connectivity index (χ2n) is 2.77. The minimum atomic E-state index is -1.46. The smallest absolute Gasteiger partial charge is 0.336 e. The number of halogens is 3. The number of hydrogen-bond acceptors (Lipinski definition) is 4. The largest absolute Gasteiger partial charge is 0.545 e. The molecule has 0 saturated carbocycles. The Bertz CT molecular complexity index is 473. The average Bonchev–Trinajstić information content (AvgIpc) is 2.20. The van der Waals surface area contributed by atoms with Crippen LogP contribution in [0.15, 0.2) is 37.7 Å². The molecule has 0 bridgehead atoms. The van der Waals surface area contributed by atoms with Crippen LogP contribution in [0.3, 0.4) is 0 Å². The molecule has 0 N–H and O–H groups in total. The molecule has 7 heteroatoms. The number of hydrogen-bond donors (Lipinski definition) is 0. The molecule has 0 aliphatic carbocycles. The number of aliphatic carboxylic acids is 1. The molecule has 1 aromatic carbocycles. The summed E-state index contributed by atoms with van der Waals surface area (Å²) in [6.07, 6.45) is 1.37. The molecule has 1 aromatic rings. The molecule has 0 spiro atoms. The van der Waals surface area contributed by atoms with Crippen LogP contribution in [0.5, 0.6) is 5.75 Å². The molecule has 0 unspecified atom stereocenters. The van der Waals surface area contributed by atoms with Crippen molar-refractivity contribution < 1.29 is 19.4 Å². The molecule has 0 atom stereocenters. The average molecular weight is 428 g/mol. The molecular formula is C10H4Br3O4-. The van der Waals surface area contributed by atoms with Gasteiger partial charge in [0.1, 0.15) is 0 Å². The third-order valence-electron chi connectivity index (χ3n) is 1.52. The van der Waals surface area contributed by atoms with Crippen molar-refractivity contribution in [1.82, 2.24) is 0 Å². The van der Waals surface area contributed by atoms with E-state index in [1.54, 1.807) is 12.1 Å². The molecular weight excluding hydrogens is 424 g/mol. The Labute approximate surface area is 122 Å². The minimum Gasteiger partial charge on any atom is -0.545 e. The zero-order chi connectivity index (χ0) is 13.0. The van der Waals surface area contributed by atoms with Crippen LogP contribution >= 0.6 is 47.8 Å². The number of esters is 1. The molecule has 0 aliphatic rings. The first-order valence-electron chi connectivity index (χ1n) is 4.15. The Balaban J connectivity index is 2.89. The van der Waals surface area contributed by atoms with E-state index < -0.39 is 11.9 Å². The fourth-order valence-corrected chi connectivity index (χ4v) is 3.32. The number of carboxylic acids is 1. The fraction of sp³-hybridized carbons (Fsp3) is 0. The van der Waals surface area contributed by atoms with Crippen LogP contribution in [0, 0.1) is 0 Å². The maximum atomic E-state index is 11.3. The van der Waals surface area contributed by atoms with Crippen molar-refractivity contribution >= 4 is 59.7 Å². The van der Waals surface area contributed by atoms with E-state index in [-0.39, 0.29) is 5.75 Å². The van der Waals surface area contributed by atoms with Gasteiger partial charge >= 0.3 is 5.97 Å². The first-order valence-corrected chi connectivity index (χ1v) is 6.53. The SMILES string of the molecule is O=C([O-])/C=C\C(=O)Oc1c(Br)cc(Br)cc1Br. The van der Waals surface area contributed by atoms with E-state index >= 15 is 0 Å². The summed E-state index contributed by atoms with van der Waals surface area (Å²) >= 11 is 9.70. The van der Waals surface area contributed by atoms with Crippen molar-refractivity contribution in [2.24, 2.45) is 0 Å². The lowest BCUT2D eigenvalue weighted by atomic mass is 10.3. The highest BCUT2D eigenvalue weighted by atomic mass is 79.9. The summed E-state index contributed by atoms with van der Waals surface area (Å²) < 4.78 is 6.84. The van der Waals surface area contributed by atoms with E-state index in [1.807, 2.05) is 0 Å². The third-order valence-corrected chi connectivity index (χ3v) is 3.16. The van der Waals surface area contributed by atoms with Crippen LogP contribution in [0.25, 0.3) is 0 Å². The monoisotopic (exact) mass is 425 g/mol. The van der Waals surface area contributed by atoms with Gasteiger partial charge in [0.05, 0.1) is 14.9 Å². The van der Waals surface area contributed by atoms with Gasteiger partial charge in [0.15, 0.2) is 5.75 Å². The molecule has 0 aromatic heterocycles. The summed E-state index contributed by atoms with van der Waals surface area (Å²) in [7, 11) is 0. The Hall–Kier alpha value is -0.660. The van der Waals surface area contributed by atoms with Gasteiger partial charge in [-0.2, -0.15) is 0 Å². The van der Waals surface area contributed by atoms with Gasteiger partial charge in [-0.05, 0) is 50.1 Å². The van der Waals surface area contributed by atoms with Crippen molar-refractivity contribution in [3.8, 4) is 5.75 Å². The van der Waals surface area contributed by atoms with Gasteiger partial charge in [-0.1, -0.05) is 15.9 Å². The number of carbonyl (C=O) groups is 2. The van der Waals surface area contributed by atoms with Crippen molar-refractivity contribution in [2.75, 3.05) is 0 Å². The van der Waals surface area contributed by atoms with Crippen LogP contribution in [0.2, 0.25) is 0 Å². The normalized spacial score (nSPS) is 10.5. The summed E-state index contributed by atoms with van der Waals surface area (Å²) in [5.41, 5.74) is 0. The lowest BCUT2D eigenvalue weighted by Gasteiger charge is -2.07. The molecule has 17 heavy (non-hydrogen) atoms. The summed E-state index contributed by atoms with van der Waals surface area (Å²) in [5.74, 6) is -2.00. The highest BCUT2D eigenvalue weighted by molar-refractivity contribution is 9.11. The second-order valence-corrected chi connectivity index (χ2v) is 5.40. The van der Waals surface area contributed by atoms with E-state index in [0.717, 1.165) is 10.5 Å². The minimum absolute atomic E-state index is 0.265. The summed E-state index contributed by atoms with van der Waals surface area (Å²) in [5, 5.41) is 10.1. The van der Waals surface area contributed by atoms with Gasteiger partial charge < -0.3 is 14.6 Å². The van der Waals surface area contributed by atoms with E-state index in [4.69, 9.17) is 4.74 Å². The van der Waals surface area contributed by atoms with Crippen molar-refractivity contribution in [1.29, 1.82) is 0 Å². The Kier molecular flexibility index (Phi) is 5.35. The maximum absolute atomic E-state index is 11.3. The fourth-order valence-electron chi connectivity index (χ4n) is 0.897. The van der Waals surface area contributed by atoms with Gasteiger partial charge in [-0.3, -0.25) is 0 Å². The first kappa shape index (κ1) is 14.4. The van der Waals surface area contributed by atoms with E-state index in [2.05, 4.69) is 47.8 Å². The van der Waals surface area contributed by atoms with Gasteiger partial charge in [0.2, 0.25) is 0 Å². The predicted molar refractivity (Wildman–Crippen MR) is 69.3 cm³/mol. The van der Waals surface area contributed by atoms with Crippen LogP contribution in [0.4, 0.5) is 0 Å². The van der Waals surface area contributed by atoms with Crippen molar-refractivity contribution in [3.63, 3.8) is 0 Å². The zero-order valence-corrected chi connectivity index (χ0v) is 12.8. The summed E-state index contributed by atoms with van der Waals surface area (Å²) in [6.45, 7) is 0. The van der Waals surface area contributed by atoms with Gasteiger partial charge in [-0.25, -0.2) is 4.79 Å². The predicted octanol–water partition coefficient (Wildman–Crippen LogP) is 2.19. The highest BCUT2D eigenvalue weighted by Gasteiger charge is 2.11. The van der Waals surface area contributed by atoms with Crippen molar-refractivity contribution in [2.45, 2.75) is 0 Å². The molecule has 0 aliphatic heterocycles. The zero-order valence-electron chi connectivity index (χ0n) is 8.08. The first-order chi connectivity index (χ1) is 7.90. The topological polar surface area (TPSA) is 66.4 Å². The molecule has 0 radical (unpaired) electrons. The maximum Gasteiger partial charge on any atom is 0.336 e. The van der Waals surface area contributed by atoms with E-state index in [9.17, 15) is 14.7 Å². The van der Waals surface area contributed by atoms with Gasteiger partial charge in [0.25, 0.3) is 0 Å². The van der Waals surface area contributed by atoms with Gasteiger partial charge in [0, 0.05) is 10.5 Å². The van der Waals surface area contributed by atoms with E-state index in [0.29, 0.717) is 15.0 Å². The summed E-state index contributed by atoms with van der Waals surface area (Å²) in [4.78, 5) is 21.4. The Morgan fingerprint density at radius 2 is 1.65 bits per heavy atom. The number of rotatable bonds is 3.